The zero-order valence-corrected chi connectivity index (χ0v) is 14.2. The number of hydrazine groups is 1. The lowest BCUT2D eigenvalue weighted by molar-refractivity contribution is -0.104. The average Bonchev–Trinajstić information content (AvgIpc) is 3.22. The molecule has 4 rings (SSSR count). The van der Waals surface area contributed by atoms with E-state index in [-0.39, 0.29) is 11.9 Å². The summed E-state index contributed by atoms with van der Waals surface area (Å²) in [6.45, 7) is 1.36. The summed E-state index contributed by atoms with van der Waals surface area (Å²) in [4.78, 5) is 15.5. The van der Waals surface area contributed by atoms with Crippen molar-refractivity contribution in [2.45, 2.75) is 25.5 Å². The van der Waals surface area contributed by atoms with Crippen molar-refractivity contribution < 1.29 is 13.9 Å². The molecule has 3 aliphatic heterocycles. The van der Waals surface area contributed by atoms with Gasteiger partial charge in [-0.2, -0.15) is 0 Å². The van der Waals surface area contributed by atoms with E-state index in [9.17, 15) is 9.18 Å². The summed E-state index contributed by atoms with van der Waals surface area (Å²) in [6.07, 6.45) is 5.81. The van der Waals surface area contributed by atoms with E-state index in [4.69, 9.17) is 10.5 Å². The molecule has 26 heavy (non-hydrogen) atoms. The number of rotatable bonds is 5. The molecule has 7 nitrogen and oxygen atoms in total. The highest BCUT2D eigenvalue weighted by Crippen LogP contribution is 2.34. The summed E-state index contributed by atoms with van der Waals surface area (Å²) in [5.41, 5.74) is 10.9. The van der Waals surface area contributed by atoms with Crippen molar-refractivity contribution in [2.75, 3.05) is 13.1 Å². The van der Waals surface area contributed by atoms with Crippen molar-refractivity contribution in [2.24, 2.45) is 10.7 Å². The van der Waals surface area contributed by atoms with Gasteiger partial charge in [-0.15, -0.1) is 0 Å². The van der Waals surface area contributed by atoms with Crippen LogP contribution in [0.3, 0.4) is 0 Å². The number of amidine groups is 1. The van der Waals surface area contributed by atoms with Crippen molar-refractivity contribution in [3.8, 4) is 5.75 Å². The molecule has 1 aromatic carbocycles. The van der Waals surface area contributed by atoms with Crippen LogP contribution in [0.15, 0.2) is 40.8 Å². The molecule has 0 bridgehead atoms. The summed E-state index contributed by atoms with van der Waals surface area (Å²) < 4.78 is 19.9. The summed E-state index contributed by atoms with van der Waals surface area (Å²) >= 11 is 0. The molecule has 0 saturated heterocycles. The lowest BCUT2D eigenvalue weighted by Crippen LogP contribution is -2.31. The Morgan fingerprint density at radius 1 is 1.50 bits per heavy atom. The van der Waals surface area contributed by atoms with E-state index in [0.29, 0.717) is 43.3 Å². The van der Waals surface area contributed by atoms with E-state index in [1.165, 1.54) is 12.1 Å². The largest absolute Gasteiger partial charge is 0.489 e. The van der Waals surface area contributed by atoms with Gasteiger partial charge in [0.25, 0.3) is 0 Å². The number of carbonyl (C=O) groups excluding carboxylic acids is 1. The molecule has 4 N–H and O–H groups in total. The molecule has 0 aliphatic carbocycles. The number of nitrogens with two attached hydrogens (primary N) is 1. The normalized spacial score (nSPS) is 20.6. The van der Waals surface area contributed by atoms with Gasteiger partial charge in [0.2, 0.25) is 0 Å². The van der Waals surface area contributed by atoms with Crippen molar-refractivity contribution in [1.29, 1.82) is 0 Å². The minimum atomic E-state index is -0.282. The van der Waals surface area contributed by atoms with Crippen LogP contribution in [0.2, 0.25) is 0 Å². The van der Waals surface area contributed by atoms with Gasteiger partial charge >= 0.3 is 0 Å². The molecule has 0 saturated carbocycles. The van der Waals surface area contributed by atoms with Gasteiger partial charge in [0.05, 0.1) is 5.57 Å². The van der Waals surface area contributed by atoms with E-state index in [1.54, 1.807) is 17.3 Å². The van der Waals surface area contributed by atoms with Gasteiger partial charge in [-0.25, -0.2) is 14.8 Å². The van der Waals surface area contributed by atoms with E-state index < -0.39 is 0 Å². The number of carbonyl (C=O) groups is 1. The van der Waals surface area contributed by atoms with E-state index in [0.717, 1.165) is 29.6 Å². The smallest absolute Gasteiger partial charge is 0.157 e. The standard InChI is InChI=1S/C18H20FN5O2/c19-14-5-11-7-15(1-3-20)26-17(11)12(6-14)8-21-16-2-4-24-18(23-16)13(10-25)9-22-24/h2,4-6,10,15,22H,1,3,7-9,20H2,(H,21,23). The summed E-state index contributed by atoms with van der Waals surface area (Å²) in [5, 5.41) is 4.89. The first kappa shape index (κ1) is 16.7. The SMILES string of the molecule is NCCC1Cc2cc(F)cc(CNC3=NC4=C(C=O)CNN4C=C3)c2O1. The van der Waals surface area contributed by atoms with Crippen molar-refractivity contribution in [1.82, 2.24) is 15.8 Å². The number of nitrogens with one attached hydrogen (secondary N) is 2. The first-order valence-electron chi connectivity index (χ1n) is 8.58. The van der Waals surface area contributed by atoms with Crippen LogP contribution in [0.5, 0.6) is 5.75 Å². The number of ether oxygens (including phenoxy) is 1. The van der Waals surface area contributed by atoms with Crippen molar-refractivity contribution in [3.63, 3.8) is 0 Å². The Labute approximate surface area is 150 Å². The van der Waals surface area contributed by atoms with Gasteiger partial charge in [-0.1, -0.05) is 0 Å². The molecule has 136 valence electrons. The molecule has 3 aliphatic rings. The lowest BCUT2D eigenvalue weighted by Gasteiger charge is -2.20. The van der Waals surface area contributed by atoms with Gasteiger partial charge in [-0.3, -0.25) is 9.80 Å². The molecular weight excluding hydrogens is 337 g/mol. The highest BCUT2D eigenvalue weighted by Gasteiger charge is 2.26. The fraction of sp³-hybridized carbons (Fsp3) is 0.333. The number of benzene rings is 1. The zero-order valence-electron chi connectivity index (χ0n) is 14.2. The molecule has 8 heteroatoms. The fourth-order valence-corrected chi connectivity index (χ4v) is 3.35. The quantitative estimate of drug-likeness (QED) is 0.673. The molecule has 1 atom stereocenters. The number of hydrogen-bond acceptors (Lipinski definition) is 7. The number of hydrogen-bond donors (Lipinski definition) is 3. The van der Waals surface area contributed by atoms with Crippen LogP contribution in [0, 0.1) is 5.82 Å². The zero-order chi connectivity index (χ0) is 18.1. The molecule has 0 spiro atoms. The Balaban J connectivity index is 1.51. The van der Waals surface area contributed by atoms with Crippen LogP contribution in [0.25, 0.3) is 0 Å². The van der Waals surface area contributed by atoms with Crippen LogP contribution in [-0.4, -0.2) is 36.3 Å². The number of fused-ring (bicyclic) bond motifs is 2. The average molecular weight is 357 g/mol. The van der Waals surface area contributed by atoms with Crippen LogP contribution in [-0.2, 0) is 17.8 Å². The maximum Gasteiger partial charge on any atom is 0.157 e. The van der Waals surface area contributed by atoms with Crippen LogP contribution in [0.1, 0.15) is 17.5 Å². The minimum Gasteiger partial charge on any atom is -0.489 e. The summed E-state index contributed by atoms with van der Waals surface area (Å²) in [5.74, 6) is 1.63. The molecule has 1 unspecified atom stereocenters. The fourth-order valence-electron chi connectivity index (χ4n) is 3.35. The maximum absolute atomic E-state index is 14.0. The van der Waals surface area contributed by atoms with Crippen LogP contribution >= 0.6 is 0 Å². The van der Waals surface area contributed by atoms with Gasteiger partial charge in [0.15, 0.2) is 12.1 Å². The number of halogens is 1. The third kappa shape index (κ3) is 3.09. The van der Waals surface area contributed by atoms with Gasteiger partial charge in [0, 0.05) is 36.8 Å². The van der Waals surface area contributed by atoms with E-state index in [1.807, 2.05) is 0 Å². The Bertz CT molecular complexity index is 833. The Kier molecular flexibility index (Phi) is 4.44. The lowest BCUT2D eigenvalue weighted by atomic mass is 10.0. The van der Waals surface area contributed by atoms with Gasteiger partial charge < -0.3 is 15.8 Å². The topological polar surface area (TPSA) is 92.0 Å². The second-order valence-corrected chi connectivity index (χ2v) is 6.41. The predicted octanol–water partition coefficient (Wildman–Crippen LogP) is 0.724. The summed E-state index contributed by atoms with van der Waals surface area (Å²) in [7, 11) is 0. The van der Waals surface area contributed by atoms with Crippen molar-refractivity contribution in [3.05, 3.63) is 52.7 Å². The second-order valence-electron chi connectivity index (χ2n) is 6.41. The molecule has 1 aromatic rings. The highest BCUT2D eigenvalue weighted by atomic mass is 19.1. The molecule has 3 heterocycles. The second kappa shape index (κ2) is 6.89. The number of nitrogens with zero attached hydrogens (tertiary/aromatic N) is 2. The molecule has 0 radical (unpaired) electrons. The van der Waals surface area contributed by atoms with Crippen LogP contribution < -0.4 is 21.2 Å². The maximum atomic E-state index is 14.0. The minimum absolute atomic E-state index is 0.000827. The third-order valence-corrected chi connectivity index (χ3v) is 4.59. The number of aldehydes is 1. The van der Waals surface area contributed by atoms with Gasteiger partial charge in [0.1, 0.15) is 23.5 Å². The Morgan fingerprint density at radius 2 is 2.38 bits per heavy atom. The summed E-state index contributed by atoms with van der Waals surface area (Å²) in [6, 6.07) is 3.00. The van der Waals surface area contributed by atoms with E-state index >= 15 is 0 Å². The monoisotopic (exact) mass is 357 g/mol. The van der Waals surface area contributed by atoms with E-state index in [2.05, 4.69) is 15.7 Å². The molecule has 0 amide bonds. The van der Waals surface area contributed by atoms with Gasteiger partial charge in [-0.05, 0) is 31.2 Å². The number of aliphatic imine (C=N–C) groups is 1. The molecular formula is C18H20FN5O2. The first-order valence-corrected chi connectivity index (χ1v) is 8.58. The Hall–Kier alpha value is -2.71. The Morgan fingerprint density at radius 3 is 3.19 bits per heavy atom. The van der Waals surface area contributed by atoms with Crippen LogP contribution in [0.4, 0.5) is 4.39 Å². The highest BCUT2D eigenvalue weighted by molar-refractivity contribution is 5.95. The predicted molar refractivity (Wildman–Crippen MR) is 94.5 cm³/mol. The third-order valence-electron chi connectivity index (χ3n) is 4.59. The molecule has 0 aromatic heterocycles. The van der Waals surface area contributed by atoms with Crippen molar-refractivity contribution >= 4 is 12.1 Å². The first-order chi connectivity index (χ1) is 12.7. The molecule has 0 fully saturated rings.